The monoisotopic (exact) mass is 274 g/mol. The summed E-state index contributed by atoms with van der Waals surface area (Å²) in [6, 6.07) is 0.388. The smallest absolute Gasteiger partial charge is 0.156 e. The van der Waals surface area contributed by atoms with Gasteiger partial charge in [0.2, 0.25) is 0 Å². The Morgan fingerprint density at radius 2 is 1.37 bits per heavy atom. The van der Waals surface area contributed by atoms with Gasteiger partial charge < -0.3 is 20.9 Å². The number of hydrogen-bond donors (Lipinski definition) is 2. The van der Waals surface area contributed by atoms with Gasteiger partial charge in [0.05, 0.1) is 0 Å². The summed E-state index contributed by atoms with van der Waals surface area (Å²) in [6.45, 7) is 2.23. The molecule has 0 rings (SSSR count). The molecule has 0 aliphatic carbocycles. The van der Waals surface area contributed by atoms with E-state index in [4.69, 9.17) is 20.9 Å². The zero-order valence-corrected chi connectivity index (χ0v) is 13.1. The summed E-state index contributed by atoms with van der Waals surface area (Å²) in [6.07, 6.45) is 10.1. The van der Waals surface area contributed by atoms with E-state index in [0.29, 0.717) is 0 Å². The van der Waals surface area contributed by atoms with Crippen molar-refractivity contribution in [2.75, 3.05) is 14.2 Å². The van der Waals surface area contributed by atoms with Crippen molar-refractivity contribution in [2.45, 2.75) is 83.1 Å². The van der Waals surface area contributed by atoms with E-state index in [-0.39, 0.29) is 18.4 Å². The van der Waals surface area contributed by atoms with Crippen LogP contribution in [0.2, 0.25) is 0 Å². The first kappa shape index (κ1) is 18.8. The minimum atomic E-state index is -0.142. The first-order valence-corrected chi connectivity index (χ1v) is 7.70. The lowest BCUT2D eigenvalue weighted by Gasteiger charge is -2.19. The van der Waals surface area contributed by atoms with Crippen molar-refractivity contribution >= 4 is 0 Å². The highest BCUT2D eigenvalue weighted by Crippen LogP contribution is 2.12. The van der Waals surface area contributed by atoms with E-state index in [2.05, 4.69) is 6.92 Å². The van der Waals surface area contributed by atoms with Crippen LogP contribution in [0.15, 0.2) is 0 Å². The molecule has 0 aromatic rings. The molecule has 0 unspecified atom stereocenters. The molecule has 116 valence electrons. The third kappa shape index (κ3) is 11.4. The Balaban J connectivity index is 3.54. The Morgan fingerprint density at radius 3 is 1.95 bits per heavy atom. The van der Waals surface area contributed by atoms with Gasteiger partial charge in [0.15, 0.2) is 6.29 Å². The SMILES string of the molecule is CCCCCCC[C@@H](N)C[C@@H](N)CCC(OC)OC. The zero-order chi connectivity index (χ0) is 14.5. The van der Waals surface area contributed by atoms with Crippen molar-refractivity contribution in [1.82, 2.24) is 0 Å². The Kier molecular flexibility index (Phi) is 12.7. The highest BCUT2D eigenvalue weighted by atomic mass is 16.7. The van der Waals surface area contributed by atoms with E-state index < -0.39 is 0 Å². The second-order valence-electron chi connectivity index (χ2n) is 5.44. The third-order valence-electron chi connectivity index (χ3n) is 3.58. The molecular weight excluding hydrogens is 240 g/mol. The van der Waals surface area contributed by atoms with E-state index in [1.807, 2.05) is 0 Å². The molecule has 2 atom stereocenters. The predicted octanol–water partition coefficient (Wildman–Crippen LogP) is 2.79. The van der Waals surface area contributed by atoms with Crippen molar-refractivity contribution in [3.63, 3.8) is 0 Å². The average Bonchev–Trinajstić information content (AvgIpc) is 2.39. The molecule has 0 bridgehead atoms. The fraction of sp³-hybridized carbons (Fsp3) is 1.00. The van der Waals surface area contributed by atoms with Crippen LogP contribution < -0.4 is 11.5 Å². The molecule has 0 aromatic carbocycles. The fourth-order valence-corrected chi connectivity index (χ4v) is 2.32. The summed E-state index contributed by atoms with van der Waals surface area (Å²) < 4.78 is 10.3. The van der Waals surface area contributed by atoms with Crippen LogP contribution in [0.5, 0.6) is 0 Å². The Bertz CT molecular complexity index is 187. The normalized spacial score (nSPS) is 14.8. The van der Waals surface area contributed by atoms with Crippen LogP contribution in [-0.2, 0) is 9.47 Å². The van der Waals surface area contributed by atoms with Crippen molar-refractivity contribution in [1.29, 1.82) is 0 Å². The van der Waals surface area contributed by atoms with Crippen LogP contribution in [0.4, 0.5) is 0 Å². The van der Waals surface area contributed by atoms with Gasteiger partial charge in [-0.25, -0.2) is 0 Å². The van der Waals surface area contributed by atoms with Gasteiger partial charge in [-0.1, -0.05) is 39.0 Å². The molecular formula is C15H34N2O2. The maximum absolute atomic E-state index is 6.12. The number of methoxy groups -OCH3 is 2. The first-order valence-electron chi connectivity index (χ1n) is 7.70. The van der Waals surface area contributed by atoms with Gasteiger partial charge in [0.1, 0.15) is 0 Å². The van der Waals surface area contributed by atoms with E-state index in [9.17, 15) is 0 Å². The quantitative estimate of drug-likeness (QED) is 0.400. The van der Waals surface area contributed by atoms with Crippen LogP contribution in [0.25, 0.3) is 0 Å². The summed E-state index contributed by atoms with van der Waals surface area (Å²) in [4.78, 5) is 0. The van der Waals surface area contributed by atoms with Crippen LogP contribution in [0.1, 0.15) is 64.7 Å². The van der Waals surface area contributed by atoms with E-state index in [0.717, 1.165) is 25.7 Å². The molecule has 0 aliphatic rings. The van der Waals surface area contributed by atoms with Gasteiger partial charge in [0.25, 0.3) is 0 Å². The molecule has 0 saturated heterocycles. The molecule has 0 fully saturated rings. The lowest BCUT2D eigenvalue weighted by Crippen LogP contribution is -2.32. The molecule has 0 radical (unpaired) electrons. The van der Waals surface area contributed by atoms with E-state index >= 15 is 0 Å². The van der Waals surface area contributed by atoms with Gasteiger partial charge in [-0.05, 0) is 25.7 Å². The van der Waals surface area contributed by atoms with Gasteiger partial charge in [-0.15, -0.1) is 0 Å². The van der Waals surface area contributed by atoms with Gasteiger partial charge in [0, 0.05) is 26.3 Å². The summed E-state index contributed by atoms with van der Waals surface area (Å²) >= 11 is 0. The second kappa shape index (κ2) is 12.9. The molecule has 0 aliphatic heterocycles. The average molecular weight is 274 g/mol. The summed E-state index contributed by atoms with van der Waals surface area (Å²) in [5.41, 5.74) is 12.2. The topological polar surface area (TPSA) is 70.5 Å². The van der Waals surface area contributed by atoms with Gasteiger partial charge in [-0.2, -0.15) is 0 Å². The van der Waals surface area contributed by atoms with Crippen LogP contribution >= 0.6 is 0 Å². The largest absolute Gasteiger partial charge is 0.356 e. The predicted molar refractivity (Wildman–Crippen MR) is 81.0 cm³/mol. The molecule has 0 spiro atoms. The van der Waals surface area contributed by atoms with Crippen molar-refractivity contribution in [2.24, 2.45) is 11.5 Å². The van der Waals surface area contributed by atoms with Crippen LogP contribution in [0.3, 0.4) is 0 Å². The summed E-state index contributed by atoms with van der Waals surface area (Å²) in [5.74, 6) is 0. The number of ether oxygens (including phenoxy) is 2. The van der Waals surface area contributed by atoms with Crippen LogP contribution in [-0.4, -0.2) is 32.6 Å². The van der Waals surface area contributed by atoms with Crippen molar-refractivity contribution < 1.29 is 9.47 Å². The molecule has 4 N–H and O–H groups in total. The Morgan fingerprint density at radius 1 is 0.789 bits per heavy atom. The number of unbranched alkanes of at least 4 members (excludes halogenated alkanes) is 4. The lowest BCUT2D eigenvalue weighted by molar-refractivity contribution is -0.107. The standard InChI is InChI=1S/C15H34N2O2/c1-4-5-6-7-8-9-13(16)12-14(17)10-11-15(18-2)19-3/h13-15H,4-12,16-17H2,1-3H3/t13-,14+/m1/s1. The molecule has 4 nitrogen and oxygen atoms in total. The minimum absolute atomic E-state index is 0.142. The molecule has 0 saturated carbocycles. The van der Waals surface area contributed by atoms with E-state index in [1.165, 1.54) is 32.1 Å². The summed E-state index contributed by atoms with van der Waals surface area (Å²) in [5, 5.41) is 0. The fourth-order valence-electron chi connectivity index (χ4n) is 2.32. The Hall–Kier alpha value is -0.160. The maximum atomic E-state index is 6.12. The maximum Gasteiger partial charge on any atom is 0.156 e. The molecule has 0 heterocycles. The minimum Gasteiger partial charge on any atom is -0.356 e. The molecule has 19 heavy (non-hydrogen) atoms. The lowest BCUT2D eigenvalue weighted by atomic mass is 9.99. The molecule has 0 amide bonds. The first-order chi connectivity index (χ1) is 9.13. The number of hydrogen-bond acceptors (Lipinski definition) is 4. The van der Waals surface area contributed by atoms with Crippen LogP contribution in [0, 0.1) is 0 Å². The van der Waals surface area contributed by atoms with Gasteiger partial charge >= 0.3 is 0 Å². The summed E-state index contributed by atoms with van der Waals surface area (Å²) in [7, 11) is 3.31. The van der Waals surface area contributed by atoms with E-state index in [1.54, 1.807) is 14.2 Å². The highest BCUT2D eigenvalue weighted by Gasteiger charge is 2.12. The molecule has 0 aromatic heterocycles. The van der Waals surface area contributed by atoms with Gasteiger partial charge in [-0.3, -0.25) is 0 Å². The highest BCUT2D eigenvalue weighted by molar-refractivity contribution is 4.71. The van der Waals surface area contributed by atoms with Crippen molar-refractivity contribution in [3.05, 3.63) is 0 Å². The Labute approximate surface area is 119 Å². The number of nitrogens with two attached hydrogens (primary N) is 2. The van der Waals surface area contributed by atoms with Crippen molar-refractivity contribution in [3.8, 4) is 0 Å². The zero-order valence-electron chi connectivity index (χ0n) is 13.1. The molecule has 4 heteroatoms. The second-order valence-corrected chi connectivity index (χ2v) is 5.44. The number of rotatable bonds is 13. The third-order valence-corrected chi connectivity index (χ3v) is 3.58.